The molecule has 1 aliphatic heterocycles. The van der Waals surface area contributed by atoms with Gasteiger partial charge in [-0.05, 0) is 34.7 Å². The predicted molar refractivity (Wildman–Crippen MR) is 103 cm³/mol. The van der Waals surface area contributed by atoms with E-state index >= 15 is 0 Å². The molecule has 3 heterocycles. The Morgan fingerprint density at radius 1 is 1.27 bits per heavy atom. The lowest BCUT2D eigenvalue weighted by Crippen LogP contribution is -2.45. The Balaban J connectivity index is 1.41. The summed E-state index contributed by atoms with van der Waals surface area (Å²) in [6.45, 7) is 10.7. The zero-order chi connectivity index (χ0) is 18.4. The number of piperazine rings is 1. The molecule has 26 heavy (non-hydrogen) atoms. The quantitative estimate of drug-likeness (QED) is 0.768. The summed E-state index contributed by atoms with van der Waals surface area (Å²) in [5.41, 5.74) is 1.77. The van der Waals surface area contributed by atoms with Crippen molar-refractivity contribution in [3.63, 3.8) is 0 Å². The topological polar surface area (TPSA) is 61.6 Å². The van der Waals surface area contributed by atoms with E-state index < -0.39 is 0 Å². The highest BCUT2D eigenvalue weighted by atomic mass is 32.1. The molecule has 0 aromatic carbocycles. The fourth-order valence-electron chi connectivity index (χ4n) is 2.99. The van der Waals surface area contributed by atoms with E-state index in [1.807, 2.05) is 0 Å². The number of hydrogen-bond donors (Lipinski definition) is 1. The van der Waals surface area contributed by atoms with Crippen LogP contribution in [0.3, 0.4) is 0 Å². The Morgan fingerprint density at radius 2 is 2.00 bits per heavy atom. The molecule has 0 bridgehead atoms. The van der Waals surface area contributed by atoms with E-state index in [1.54, 1.807) is 11.3 Å². The van der Waals surface area contributed by atoms with Gasteiger partial charge in [-0.15, -0.1) is 0 Å². The van der Waals surface area contributed by atoms with E-state index in [1.165, 1.54) is 11.8 Å². The predicted octanol–water partition coefficient (Wildman–Crippen LogP) is 2.83. The number of amides is 1. The Bertz CT molecular complexity index is 676. The van der Waals surface area contributed by atoms with E-state index in [2.05, 4.69) is 50.8 Å². The number of carbonyl (C=O) groups excluding carboxylic acids is 1. The molecule has 1 saturated heterocycles. The molecule has 3 rings (SSSR count). The number of aromatic nitrogens is 1. The molecule has 0 saturated carbocycles. The van der Waals surface area contributed by atoms with Crippen LogP contribution >= 0.6 is 11.3 Å². The molecule has 6 nitrogen and oxygen atoms in total. The second-order valence-electron chi connectivity index (χ2n) is 7.25. The maximum absolute atomic E-state index is 12.1. The van der Waals surface area contributed by atoms with Crippen molar-refractivity contribution in [2.24, 2.45) is 5.92 Å². The van der Waals surface area contributed by atoms with Gasteiger partial charge < -0.3 is 9.73 Å². The Hall–Kier alpha value is -1.70. The van der Waals surface area contributed by atoms with Crippen LogP contribution in [0.25, 0.3) is 0 Å². The van der Waals surface area contributed by atoms with Gasteiger partial charge in [-0.3, -0.25) is 14.6 Å². The summed E-state index contributed by atoms with van der Waals surface area (Å²) in [4.78, 5) is 21.2. The third-order valence-electron chi connectivity index (χ3n) is 4.60. The number of nitrogens with one attached hydrogen (secondary N) is 1. The highest BCUT2D eigenvalue weighted by Gasteiger charge is 2.20. The molecule has 1 fully saturated rings. The van der Waals surface area contributed by atoms with Gasteiger partial charge in [-0.2, -0.15) is 11.3 Å². The number of thiophene rings is 1. The molecular weight excluding hydrogens is 348 g/mol. The molecular formula is C19H28N4O2S. The van der Waals surface area contributed by atoms with Gasteiger partial charge in [0.2, 0.25) is 5.89 Å². The van der Waals surface area contributed by atoms with Crippen LogP contribution in [0, 0.1) is 5.92 Å². The summed E-state index contributed by atoms with van der Waals surface area (Å²) in [6.07, 6.45) is 2.43. The molecule has 0 spiro atoms. The summed E-state index contributed by atoms with van der Waals surface area (Å²) >= 11 is 1.75. The summed E-state index contributed by atoms with van der Waals surface area (Å²) < 4.78 is 5.50. The molecule has 0 atom stereocenters. The first-order chi connectivity index (χ1) is 12.6. The molecule has 1 N–H and O–H groups in total. The first-order valence-corrected chi connectivity index (χ1v) is 10.2. The highest BCUT2D eigenvalue weighted by Crippen LogP contribution is 2.13. The first-order valence-electron chi connectivity index (χ1n) is 9.28. The summed E-state index contributed by atoms with van der Waals surface area (Å²) in [6, 6.07) is 2.19. The number of carbonyl (C=O) groups is 1. The number of nitrogens with zero attached hydrogens (tertiary/aromatic N) is 3. The Morgan fingerprint density at radius 3 is 2.65 bits per heavy atom. The van der Waals surface area contributed by atoms with Crippen molar-refractivity contribution in [3.05, 3.63) is 40.2 Å². The minimum absolute atomic E-state index is 0.152. The summed E-state index contributed by atoms with van der Waals surface area (Å²) in [7, 11) is 0. The average molecular weight is 377 g/mol. The zero-order valence-corrected chi connectivity index (χ0v) is 16.4. The van der Waals surface area contributed by atoms with Crippen molar-refractivity contribution in [1.29, 1.82) is 0 Å². The van der Waals surface area contributed by atoms with Crippen molar-refractivity contribution in [2.75, 3.05) is 32.7 Å². The van der Waals surface area contributed by atoms with Crippen molar-refractivity contribution in [1.82, 2.24) is 20.1 Å². The molecule has 142 valence electrons. The van der Waals surface area contributed by atoms with Gasteiger partial charge in [-0.25, -0.2) is 4.98 Å². The van der Waals surface area contributed by atoms with E-state index in [4.69, 9.17) is 4.42 Å². The van der Waals surface area contributed by atoms with Gasteiger partial charge in [0.25, 0.3) is 5.91 Å². The molecule has 1 aliphatic rings. The lowest BCUT2D eigenvalue weighted by Gasteiger charge is -2.33. The van der Waals surface area contributed by atoms with Crippen molar-refractivity contribution >= 4 is 17.2 Å². The van der Waals surface area contributed by atoms with E-state index in [9.17, 15) is 4.79 Å². The first kappa shape index (κ1) is 19.1. The smallest absolute Gasteiger partial charge is 0.273 e. The summed E-state index contributed by atoms with van der Waals surface area (Å²) in [5, 5.41) is 7.24. The minimum Gasteiger partial charge on any atom is -0.447 e. The van der Waals surface area contributed by atoms with Gasteiger partial charge in [-0.1, -0.05) is 13.8 Å². The fourth-order valence-corrected chi connectivity index (χ4v) is 3.65. The molecule has 0 unspecified atom stereocenters. The normalized spacial score (nSPS) is 16.3. The van der Waals surface area contributed by atoms with Gasteiger partial charge in [0.15, 0.2) is 5.69 Å². The van der Waals surface area contributed by atoms with Gasteiger partial charge >= 0.3 is 0 Å². The lowest BCUT2D eigenvalue weighted by molar-refractivity contribution is 0.0946. The molecule has 7 heteroatoms. The standard InChI is InChI=1S/C19H28N4O2S/c1-15(2)3-5-20-19(24)17-13-25-18(21-17)12-23-8-6-22(7-9-23)11-16-4-10-26-14-16/h4,10,13-15H,3,5-9,11-12H2,1-2H3,(H,20,24). The monoisotopic (exact) mass is 376 g/mol. The van der Waals surface area contributed by atoms with Crippen LogP contribution in [0.1, 0.15) is 42.2 Å². The van der Waals surface area contributed by atoms with Crippen LogP contribution in [0.2, 0.25) is 0 Å². The second kappa shape index (κ2) is 9.30. The van der Waals surface area contributed by atoms with Crippen LogP contribution in [-0.4, -0.2) is 53.4 Å². The summed E-state index contributed by atoms with van der Waals surface area (Å²) in [5.74, 6) is 1.04. The van der Waals surface area contributed by atoms with E-state index in [0.29, 0.717) is 30.6 Å². The van der Waals surface area contributed by atoms with E-state index in [0.717, 1.165) is 39.1 Å². The second-order valence-corrected chi connectivity index (χ2v) is 8.03. The number of oxazole rings is 1. The Kier molecular flexibility index (Phi) is 6.82. The van der Waals surface area contributed by atoms with Crippen LogP contribution in [0.4, 0.5) is 0 Å². The third kappa shape index (κ3) is 5.65. The third-order valence-corrected chi connectivity index (χ3v) is 5.33. The molecule has 0 radical (unpaired) electrons. The number of rotatable bonds is 8. The fraction of sp³-hybridized carbons (Fsp3) is 0.579. The Labute approximate surface area is 159 Å². The largest absolute Gasteiger partial charge is 0.447 e. The molecule has 2 aromatic heterocycles. The van der Waals surface area contributed by atoms with Gasteiger partial charge in [0, 0.05) is 39.3 Å². The molecule has 2 aromatic rings. The van der Waals surface area contributed by atoms with Crippen molar-refractivity contribution in [3.8, 4) is 0 Å². The van der Waals surface area contributed by atoms with Gasteiger partial charge in [0.05, 0.1) is 6.54 Å². The van der Waals surface area contributed by atoms with Crippen molar-refractivity contribution < 1.29 is 9.21 Å². The SMILES string of the molecule is CC(C)CCNC(=O)c1coc(CN2CCN(Cc3ccsc3)CC2)n1. The molecule has 0 aliphatic carbocycles. The van der Waals surface area contributed by atoms with E-state index in [-0.39, 0.29) is 5.91 Å². The molecule has 1 amide bonds. The average Bonchev–Trinajstić information content (AvgIpc) is 3.28. The van der Waals surface area contributed by atoms with Crippen LogP contribution in [0.15, 0.2) is 27.5 Å². The van der Waals surface area contributed by atoms with Crippen LogP contribution in [0.5, 0.6) is 0 Å². The maximum Gasteiger partial charge on any atom is 0.273 e. The number of hydrogen-bond acceptors (Lipinski definition) is 6. The highest BCUT2D eigenvalue weighted by molar-refractivity contribution is 7.07. The van der Waals surface area contributed by atoms with Crippen LogP contribution < -0.4 is 5.32 Å². The van der Waals surface area contributed by atoms with Crippen molar-refractivity contribution in [2.45, 2.75) is 33.4 Å². The lowest BCUT2D eigenvalue weighted by atomic mass is 10.1. The van der Waals surface area contributed by atoms with Gasteiger partial charge in [0.1, 0.15) is 6.26 Å². The minimum atomic E-state index is -0.152. The maximum atomic E-state index is 12.1. The zero-order valence-electron chi connectivity index (χ0n) is 15.6. The van der Waals surface area contributed by atoms with Crippen LogP contribution in [-0.2, 0) is 13.1 Å².